The first-order chi connectivity index (χ1) is 15.0. The molecule has 1 N–H and O–H groups in total. The zero-order valence-corrected chi connectivity index (χ0v) is 19.8. The van der Waals surface area contributed by atoms with Crippen LogP contribution in [0, 0.1) is 0 Å². The first-order valence-electron chi connectivity index (χ1n) is 11.1. The number of sulfone groups is 1. The summed E-state index contributed by atoms with van der Waals surface area (Å²) >= 11 is -0.0571. The van der Waals surface area contributed by atoms with Gasteiger partial charge in [0, 0.05) is 12.2 Å². The van der Waals surface area contributed by atoms with E-state index in [2.05, 4.69) is 26.5 Å². The number of hydrogen-bond donors (Lipinski definition) is 1. The molecule has 0 aliphatic heterocycles. The maximum Gasteiger partial charge on any atom is 0.241 e. The molecule has 0 radical (unpaired) electrons. The Hall–Kier alpha value is -1.65. The molecule has 2 aromatic rings. The first kappa shape index (κ1) is 22.5. The van der Waals surface area contributed by atoms with Crippen molar-refractivity contribution < 1.29 is 12.3 Å². The highest BCUT2D eigenvalue weighted by Gasteiger charge is 2.26. The Bertz CT molecular complexity index is 1020. The smallest absolute Gasteiger partial charge is 0.241 e. The summed E-state index contributed by atoms with van der Waals surface area (Å²) in [4.78, 5) is 2.05. The molecule has 7 nitrogen and oxygen atoms in total. The van der Waals surface area contributed by atoms with Crippen LogP contribution in [0.5, 0.6) is 0 Å². The van der Waals surface area contributed by atoms with E-state index in [1.54, 1.807) is 0 Å². The van der Waals surface area contributed by atoms with E-state index in [0.717, 1.165) is 57.3 Å². The molecule has 31 heavy (non-hydrogen) atoms. The summed E-state index contributed by atoms with van der Waals surface area (Å²) in [5.41, 5.74) is 6.32. The Morgan fingerprint density at radius 1 is 1.10 bits per heavy atom. The normalized spacial score (nSPS) is 15.5. The third kappa shape index (κ3) is 4.75. The number of nitrogens with one attached hydrogen (secondary N) is 1. The molecule has 1 heterocycles. The number of nitrogens with zero attached hydrogens (tertiary/aromatic N) is 4. The van der Waals surface area contributed by atoms with Gasteiger partial charge in [-0.1, -0.05) is 19.9 Å². The zero-order chi connectivity index (χ0) is 22.0. The lowest BCUT2D eigenvalue weighted by Gasteiger charge is -2.17. The third-order valence-electron chi connectivity index (χ3n) is 6.43. The molecule has 0 spiro atoms. The standard InChI is InChI=1S/C21H30FN5O2S2/c1-3-26(4-2)11-12-31(28,29)14-19-24-25-21(27(19)30-22)23-20-17-9-5-7-15(17)13-16-8-6-10-18(16)20/h13H,3-12,14H2,1-2H3,(H,23,25). The van der Waals surface area contributed by atoms with E-state index >= 15 is 0 Å². The summed E-state index contributed by atoms with van der Waals surface area (Å²) in [5.74, 6) is 0.0425. The lowest BCUT2D eigenvalue weighted by molar-refractivity contribution is 0.321. The maximum atomic E-state index is 13.9. The SMILES string of the molecule is CCN(CC)CCS(=O)(=O)Cc1nnc(Nc2c3c(cc4c2CCC4)CCC3)n1SF. The summed E-state index contributed by atoms with van der Waals surface area (Å²) in [6.07, 6.45) is 6.36. The van der Waals surface area contributed by atoms with Crippen molar-refractivity contribution in [1.29, 1.82) is 0 Å². The fraction of sp³-hybridized carbons (Fsp3) is 0.619. The van der Waals surface area contributed by atoms with Crippen LogP contribution in [0.1, 0.15) is 54.8 Å². The molecule has 0 amide bonds. The Morgan fingerprint density at radius 3 is 2.32 bits per heavy atom. The van der Waals surface area contributed by atoms with Crippen LogP contribution < -0.4 is 5.32 Å². The van der Waals surface area contributed by atoms with Crippen molar-refractivity contribution in [2.45, 2.75) is 58.1 Å². The molecule has 0 saturated carbocycles. The maximum absolute atomic E-state index is 13.9. The molecule has 10 heteroatoms. The van der Waals surface area contributed by atoms with Gasteiger partial charge in [0.1, 0.15) is 5.75 Å². The highest BCUT2D eigenvalue weighted by atomic mass is 32.2. The second-order valence-electron chi connectivity index (χ2n) is 8.28. The lowest BCUT2D eigenvalue weighted by atomic mass is 9.99. The molecule has 1 aromatic carbocycles. The summed E-state index contributed by atoms with van der Waals surface area (Å²) in [5, 5.41) is 11.5. The number of fused-ring (bicyclic) bond motifs is 2. The summed E-state index contributed by atoms with van der Waals surface area (Å²) in [6, 6.07) is 2.33. The van der Waals surface area contributed by atoms with Crippen molar-refractivity contribution in [1.82, 2.24) is 19.1 Å². The van der Waals surface area contributed by atoms with E-state index in [1.807, 2.05) is 13.8 Å². The fourth-order valence-corrected chi connectivity index (χ4v) is 6.37. The van der Waals surface area contributed by atoms with Crippen molar-refractivity contribution in [3.05, 3.63) is 34.1 Å². The highest BCUT2D eigenvalue weighted by Crippen LogP contribution is 2.40. The van der Waals surface area contributed by atoms with Gasteiger partial charge in [0.2, 0.25) is 5.95 Å². The van der Waals surface area contributed by atoms with E-state index in [9.17, 15) is 12.3 Å². The zero-order valence-electron chi connectivity index (χ0n) is 18.2. The quantitative estimate of drug-likeness (QED) is 0.571. The number of anilines is 2. The average molecular weight is 468 g/mol. The van der Waals surface area contributed by atoms with Gasteiger partial charge >= 0.3 is 0 Å². The van der Waals surface area contributed by atoms with Gasteiger partial charge in [0.15, 0.2) is 28.0 Å². The molecule has 0 fully saturated rings. The molecular formula is C21H30FN5O2S2. The summed E-state index contributed by atoms with van der Waals surface area (Å²) in [7, 11) is -3.43. The van der Waals surface area contributed by atoms with Crippen molar-refractivity contribution in [2.75, 3.05) is 30.7 Å². The first-order valence-corrected chi connectivity index (χ1v) is 13.5. The minimum absolute atomic E-state index is 0.0148. The Labute approximate surface area is 188 Å². The molecule has 1 aromatic heterocycles. The molecule has 170 valence electrons. The Balaban J connectivity index is 1.56. The number of halogens is 1. The molecule has 0 saturated heterocycles. The van der Waals surface area contributed by atoms with Gasteiger partial charge in [-0.3, -0.25) is 0 Å². The van der Waals surface area contributed by atoms with E-state index in [0.29, 0.717) is 6.54 Å². The van der Waals surface area contributed by atoms with Gasteiger partial charge in [-0.25, -0.2) is 12.4 Å². The second-order valence-corrected chi connectivity index (χ2v) is 11.0. The average Bonchev–Trinajstić information content (AvgIpc) is 3.48. The van der Waals surface area contributed by atoms with Crippen LogP contribution in [0.25, 0.3) is 0 Å². The van der Waals surface area contributed by atoms with E-state index < -0.39 is 9.84 Å². The third-order valence-corrected chi connectivity index (χ3v) is 8.45. The molecule has 4 rings (SSSR count). The van der Waals surface area contributed by atoms with Crippen molar-refractivity contribution in [2.24, 2.45) is 0 Å². The lowest BCUT2D eigenvalue weighted by Crippen LogP contribution is -2.29. The fourth-order valence-electron chi connectivity index (χ4n) is 4.70. The largest absolute Gasteiger partial charge is 0.323 e. The van der Waals surface area contributed by atoms with Gasteiger partial charge in [0.25, 0.3) is 0 Å². The monoisotopic (exact) mass is 467 g/mol. The van der Waals surface area contributed by atoms with Crippen LogP contribution in [-0.2, 0) is 41.3 Å². The number of rotatable bonds is 10. The number of hydrogen-bond acceptors (Lipinski definition) is 7. The van der Waals surface area contributed by atoms with Gasteiger partial charge in [-0.15, -0.1) is 14.1 Å². The van der Waals surface area contributed by atoms with Gasteiger partial charge in [-0.05, 0) is 73.9 Å². The molecular weight excluding hydrogens is 437 g/mol. The summed E-state index contributed by atoms with van der Waals surface area (Å²) in [6.45, 7) is 6.05. The van der Waals surface area contributed by atoms with Crippen LogP contribution in [0.15, 0.2) is 6.07 Å². The van der Waals surface area contributed by atoms with Crippen molar-refractivity contribution >= 4 is 33.8 Å². The molecule has 0 unspecified atom stereocenters. The minimum Gasteiger partial charge on any atom is -0.323 e. The number of aryl methyl sites for hydroxylation is 2. The Kier molecular flexibility index (Phi) is 6.88. The van der Waals surface area contributed by atoms with Crippen LogP contribution in [0.2, 0.25) is 0 Å². The molecule has 0 atom stereocenters. The van der Waals surface area contributed by atoms with Crippen LogP contribution in [0.3, 0.4) is 0 Å². The predicted molar refractivity (Wildman–Crippen MR) is 123 cm³/mol. The second kappa shape index (κ2) is 9.46. The van der Waals surface area contributed by atoms with Gasteiger partial charge < -0.3 is 10.2 Å². The molecule has 0 bridgehead atoms. The van der Waals surface area contributed by atoms with E-state index in [4.69, 9.17) is 0 Å². The number of aromatic nitrogens is 3. The Morgan fingerprint density at radius 2 is 1.74 bits per heavy atom. The number of benzene rings is 1. The summed E-state index contributed by atoms with van der Waals surface area (Å²) < 4.78 is 40.3. The minimum atomic E-state index is -3.43. The molecule has 2 aliphatic rings. The van der Waals surface area contributed by atoms with Gasteiger partial charge in [0.05, 0.1) is 5.75 Å². The van der Waals surface area contributed by atoms with Crippen LogP contribution >= 0.6 is 12.3 Å². The van der Waals surface area contributed by atoms with Gasteiger partial charge in [-0.2, -0.15) is 0 Å². The molecule has 2 aliphatic carbocycles. The highest BCUT2D eigenvalue weighted by molar-refractivity contribution is 7.93. The van der Waals surface area contributed by atoms with E-state index in [1.165, 1.54) is 26.2 Å². The van der Waals surface area contributed by atoms with Crippen LogP contribution in [0.4, 0.5) is 15.5 Å². The van der Waals surface area contributed by atoms with Crippen LogP contribution in [-0.4, -0.2) is 52.9 Å². The van der Waals surface area contributed by atoms with Crippen molar-refractivity contribution in [3.63, 3.8) is 0 Å². The topological polar surface area (TPSA) is 80.1 Å². The van der Waals surface area contributed by atoms with Crippen molar-refractivity contribution in [3.8, 4) is 0 Å². The van der Waals surface area contributed by atoms with E-state index in [-0.39, 0.29) is 35.6 Å². The predicted octanol–water partition coefficient (Wildman–Crippen LogP) is 3.64.